The standard InChI is InChI=1S/C15H20O3/c1-2-18-14(17)11-4-3-7-15(9-11)12-6-5-10(8-12)13(15)16/h4,10,12H,2-3,5-9H2,1H3/t10-,12+,15-/m1/s1. The third-order valence-electron chi connectivity index (χ3n) is 5.10. The maximum absolute atomic E-state index is 12.5. The molecule has 18 heavy (non-hydrogen) atoms. The van der Waals surface area contributed by atoms with Crippen molar-refractivity contribution in [2.24, 2.45) is 17.3 Å². The van der Waals surface area contributed by atoms with Crippen LogP contribution >= 0.6 is 0 Å². The van der Waals surface area contributed by atoms with Crippen LogP contribution in [0.3, 0.4) is 0 Å². The van der Waals surface area contributed by atoms with Crippen LogP contribution in [-0.2, 0) is 14.3 Å². The summed E-state index contributed by atoms with van der Waals surface area (Å²) in [5.41, 5.74) is 0.531. The van der Waals surface area contributed by atoms with E-state index in [0.29, 0.717) is 24.7 Å². The number of rotatable bonds is 2. The van der Waals surface area contributed by atoms with E-state index in [1.165, 1.54) is 6.42 Å². The molecule has 0 unspecified atom stereocenters. The Labute approximate surface area is 108 Å². The molecule has 1 spiro atoms. The lowest BCUT2D eigenvalue weighted by molar-refractivity contribution is -0.140. The highest BCUT2D eigenvalue weighted by Crippen LogP contribution is 2.59. The normalized spacial score (nSPS) is 38.1. The first-order chi connectivity index (χ1) is 8.67. The lowest BCUT2D eigenvalue weighted by atomic mass is 9.64. The molecule has 3 aliphatic carbocycles. The molecule has 0 saturated heterocycles. The van der Waals surface area contributed by atoms with Crippen LogP contribution in [0.4, 0.5) is 0 Å². The predicted molar refractivity (Wildman–Crippen MR) is 66.8 cm³/mol. The van der Waals surface area contributed by atoms with Gasteiger partial charge in [-0.25, -0.2) is 4.79 Å². The zero-order valence-corrected chi connectivity index (χ0v) is 10.9. The van der Waals surface area contributed by atoms with Gasteiger partial charge in [-0.3, -0.25) is 4.79 Å². The molecule has 0 amide bonds. The summed E-state index contributed by atoms with van der Waals surface area (Å²) in [6.07, 6.45) is 7.71. The molecule has 0 N–H and O–H groups in total. The van der Waals surface area contributed by atoms with Crippen molar-refractivity contribution in [1.29, 1.82) is 0 Å². The molecule has 0 heterocycles. The Hall–Kier alpha value is -1.12. The smallest absolute Gasteiger partial charge is 0.333 e. The monoisotopic (exact) mass is 248 g/mol. The highest BCUT2D eigenvalue weighted by atomic mass is 16.5. The molecule has 0 aromatic rings. The summed E-state index contributed by atoms with van der Waals surface area (Å²) in [5, 5.41) is 0. The van der Waals surface area contributed by atoms with Crippen LogP contribution < -0.4 is 0 Å². The summed E-state index contributed by atoms with van der Waals surface area (Å²) >= 11 is 0. The molecule has 0 aromatic carbocycles. The van der Waals surface area contributed by atoms with Gasteiger partial charge in [0, 0.05) is 16.9 Å². The van der Waals surface area contributed by atoms with Gasteiger partial charge in [-0.2, -0.15) is 0 Å². The molecule has 2 saturated carbocycles. The van der Waals surface area contributed by atoms with Crippen molar-refractivity contribution in [3.63, 3.8) is 0 Å². The van der Waals surface area contributed by atoms with E-state index < -0.39 is 0 Å². The van der Waals surface area contributed by atoms with Gasteiger partial charge >= 0.3 is 5.97 Å². The summed E-state index contributed by atoms with van der Waals surface area (Å²) in [5.74, 6) is 1.03. The minimum atomic E-state index is -0.216. The second kappa shape index (κ2) is 4.22. The fourth-order valence-corrected chi connectivity index (χ4v) is 4.27. The zero-order chi connectivity index (χ0) is 12.8. The molecular weight excluding hydrogens is 228 g/mol. The van der Waals surface area contributed by atoms with Crippen molar-refractivity contribution in [2.75, 3.05) is 6.61 Å². The van der Waals surface area contributed by atoms with Crippen LogP contribution in [0.5, 0.6) is 0 Å². The van der Waals surface area contributed by atoms with Gasteiger partial charge in [-0.05, 0) is 51.4 Å². The Bertz CT molecular complexity index is 423. The number of hydrogen-bond acceptors (Lipinski definition) is 3. The third-order valence-corrected chi connectivity index (χ3v) is 5.10. The number of fused-ring (bicyclic) bond motifs is 3. The number of hydrogen-bond donors (Lipinski definition) is 0. The van der Waals surface area contributed by atoms with Crippen LogP contribution in [0, 0.1) is 17.3 Å². The van der Waals surface area contributed by atoms with Crippen molar-refractivity contribution in [3.8, 4) is 0 Å². The number of ketones is 1. The first kappa shape index (κ1) is 11.9. The molecule has 3 rings (SSSR count). The van der Waals surface area contributed by atoms with Crippen molar-refractivity contribution >= 4 is 11.8 Å². The fourth-order valence-electron chi connectivity index (χ4n) is 4.27. The second-order valence-corrected chi connectivity index (χ2v) is 5.89. The molecule has 98 valence electrons. The van der Waals surface area contributed by atoms with E-state index in [1.807, 2.05) is 13.0 Å². The minimum absolute atomic E-state index is 0.209. The van der Waals surface area contributed by atoms with Crippen LogP contribution in [0.15, 0.2) is 11.6 Å². The van der Waals surface area contributed by atoms with E-state index in [2.05, 4.69) is 0 Å². The maximum atomic E-state index is 12.5. The molecule has 3 aliphatic rings. The SMILES string of the molecule is CCOC(=O)C1=CCC[C@]2(C1)C(=O)[C@@H]1CC[C@H]2C1. The average molecular weight is 248 g/mol. The fraction of sp³-hybridized carbons (Fsp3) is 0.733. The van der Waals surface area contributed by atoms with Crippen LogP contribution in [0.25, 0.3) is 0 Å². The lowest BCUT2D eigenvalue weighted by Gasteiger charge is -2.38. The lowest BCUT2D eigenvalue weighted by Crippen LogP contribution is -2.39. The highest BCUT2D eigenvalue weighted by Gasteiger charge is 2.58. The summed E-state index contributed by atoms with van der Waals surface area (Å²) in [7, 11) is 0. The van der Waals surface area contributed by atoms with Gasteiger partial charge in [0.25, 0.3) is 0 Å². The molecule has 3 atom stereocenters. The van der Waals surface area contributed by atoms with E-state index in [4.69, 9.17) is 4.74 Å². The van der Waals surface area contributed by atoms with Crippen molar-refractivity contribution in [2.45, 2.75) is 45.4 Å². The molecule has 0 aliphatic heterocycles. The second-order valence-electron chi connectivity index (χ2n) is 5.89. The number of esters is 1. The van der Waals surface area contributed by atoms with Crippen molar-refractivity contribution in [1.82, 2.24) is 0 Å². The molecule has 2 fully saturated rings. The van der Waals surface area contributed by atoms with Gasteiger partial charge in [-0.1, -0.05) is 6.08 Å². The summed E-state index contributed by atoms with van der Waals surface area (Å²) in [6, 6.07) is 0. The molecular formula is C15H20O3. The van der Waals surface area contributed by atoms with E-state index in [1.54, 1.807) is 0 Å². The molecule has 0 aromatic heterocycles. The van der Waals surface area contributed by atoms with E-state index in [-0.39, 0.29) is 17.3 Å². The zero-order valence-electron chi connectivity index (χ0n) is 10.9. The van der Waals surface area contributed by atoms with Gasteiger partial charge in [0.1, 0.15) is 5.78 Å². The minimum Gasteiger partial charge on any atom is -0.463 e. The van der Waals surface area contributed by atoms with Crippen LogP contribution in [0.2, 0.25) is 0 Å². The molecule has 3 nitrogen and oxygen atoms in total. The largest absolute Gasteiger partial charge is 0.463 e. The quantitative estimate of drug-likeness (QED) is 0.706. The summed E-state index contributed by atoms with van der Waals surface area (Å²) < 4.78 is 5.08. The molecule has 3 heteroatoms. The van der Waals surface area contributed by atoms with Gasteiger partial charge < -0.3 is 4.74 Å². The van der Waals surface area contributed by atoms with Crippen molar-refractivity contribution in [3.05, 3.63) is 11.6 Å². The van der Waals surface area contributed by atoms with E-state index in [0.717, 1.165) is 31.3 Å². The number of carbonyl (C=O) groups is 2. The first-order valence-electron chi connectivity index (χ1n) is 7.08. The van der Waals surface area contributed by atoms with Gasteiger partial charge in [0.15, 0.2) is 0 Å². The topological polar surface area (TPSA) is 43.4 Å². The van der Waals surface area contributed by atoms with Crippen LogP contribution in [0.1, 0.15) is 45.4 Å². The first-order valence-corrected chi connectivity index (χ1v) is 7.08. The number of Topliss-reactive ketones (excluding diaryl/α,β-unsaturated/α-hetero) is 1. The van der Waals surface area contributed by atoms with E-state index in [9.17, 15) is 9.59 Å². The third kappa shape index (κ3) is 1.56. The average Bonchev–Trinajstić information content (AvgIpc) is 2.94. The Balaban J connectivity index is 1.82. The van der Waals surface area contributed by atoms with E-state index >= 15 is 0 Å². The predicted octanol–water partition coefficient (Wildman–Crippen LogP) is 2.65. The molecule has 0 radical (unpaired) electrons. The Morgan fingerprint density at radius 2 is 2.33 bits per heavy atom. The molecule has 2 bridgehead atoms. The maximum Gasteiger partial charge on any atom is 0.333 e. The highest BCUT2D eigenvalue weighted by molar-refractivity contribution is 5.95. The van der Waals surface area contributed by atoms with Gasteiger partial charge in [0.05, 0.1) is 6.61 Å². The Morgan fingerprint density at radius 1 is 1.50 bits per heavy atom. The summed E-state index contributed by atoms with van der Waals surface area (Å²) in [6.45, 7) is 2.23. The number of carbonyl (C=O) groups excluding carboxylic acids is 2. The van der Waals surface area contributed by atoms with Crippen molar-refractivity contribution < 1.29 is 14.3 Å². The Kier molecular flexibility index (Phi) is 2.80. The Morgan fingerprint density at radius 3 is 3.00 bits per heavy atom. The number of allylic oxidation sites excluding steroid dienone is 1. The van der Waals surface area contributed by atoms with Gasteiger partial charge in [-0.15, -0.1) is 0 Å². The van der Waals surface area contributed by atoms with Gasteiger partial charge in [0.2, 0.25) is 0 Å². The number of ether oxygens (including phenoxy) is 1. The summed E-state index contributed by atoms with van der Waals surface area (Å²) in [4.78, 5) is 24.3. The van der Waals surface area contributed by atoms with Crippen LogP contribution in [-0.4, -0.2) is 18.4 Å².